The minimum absolute atomic E-state index is 0.384. The van der Waals surface area contributed by atoms with Crippen molar-refractivity contribution in [3.63, 3.8) is 0 Å². The second-order valence-electron chi connectivity index (χ2n) is 2.99. The van der Waals surface area contributed by atoms with E-state index in [-0.39, 0.29) is 5.60 Å². The number of rotatable bonds is 1. The van der Waals surface area contributed by atoms with E-state index in [9.17, 15) is 0 Å². The van der Waals surface area contributed by atoms with Gasteiger partial charge in [-0.3, -0.25) is 0 Å². The van der Waals surface area contributed by atoms with Gasteiger partial charge in [0.2, 0.25) is 0 Å². The van der Waals surface area contributed by atoms with E-state index >= 15 is 0 Å². The van der Waals surface area contributed by atoms with Crippen LogP contribution in [0.5, 0.6) is 0 Å². The summed E-state index contributed by atoms with van der Waals surface area (Å²) in [6, 6.07) is 0. The van der Waals surface area contributed by atoms with Crippen LogP contribution in [0, 0.1) is 5.41 Å². The average molecular weight is 139 g/mol. The molecule has 2 nitrogen and oxygen atoms in total. The monoisotopic (exact) mass is 139 g/mol. The molecule has 1 N–H and O–H groups in total. The number of ether oxygens (including phenoxy) is 1. The first-order valence-corrected chi connectivity index (χ1v) is 3.55. The Morgan fingerprint density at radius 2 is 2.20 bits per heavy atom. The fourth-order valence-corrected chi connectivity index (χ4v) is 0.921. The van der Waals surface area contributed by atoms with Gasteiger partial charge in [-0.1, -0.05) is 6.92 Å². The van der Waals surface area contributed by atoms with Gasteiger partial charge in [-0.25, -0.2) is 0 Å². The molecule has 56 valence electrons. The highest BCUT2D eigenvalue weighted by molar-refractivity contribution is 6.00. The van der Waals surface area contributed by atoms with Crippen LogP contribution in [-0.2, 0) is 4.74 Å². The summed E-state index contributed by atoms with van der Waals surface area (Å²) >= 11 is 0. The van der Waals surface area contributed by atoms with E-state index in [4.69, 9.17) is 10.1 Å². The summed E-state index contributed by atoms with van der Waals surface area (Å²) in [6.45, 7) is 5.85. The van der Waals surface area contributed by atoms with Crippen molar-refractivity contribution in [1.82, 2.24) is 0 Å². The van der Waals surface area contributed by atoms with Crippen molar-refractivity contribution < 1.29 is 4.74 Å². The van der Waals surface area contributed by atoms with E-state index in [1.165, 1.54) is 0 Å². The predicted octanol–water partition coefficient (Wildman–Crippen LogP) is 2.11. The summed E-state index contributed by atoms with van der Waals surface area (Å²) in [5.74, 6) is 0.926. The lowest BCUT2D eigenvalue weighted by atomic mass is 10.1. The van der Waals surface area contributed by atoms with E-state index in [0.717, 1.165) is 12.2 Å². The third kappa shape index (κ3) is 1.06. The van der Waals surface area contributed by atoms with Crippen molar-refractivity contribution in [2.45, 2.75) is 32.8 Å². The molecule has 0 aromatic heterocycles. The van der Waals surface area contributed by atoms with Crippen molar-refractivity contribution in [2.24, 2.45) is 0 Å². The Hall–Kier alpha value is -0.790. The molecule has 0 amide bonds. The molecule has 0 saturated heterocycles. The Labute approximate surface area is 61.4 Å². The van der Waals surface area contributed by atoms with Gasteiger partial charge in [0.25, 0.3) is 0 Å². The summed E-state index contributed by atoms with van der Waals surface area (Å²) in [6.07, 6.45) is 2.69. The van der Waals surface area contributed by atoms with Crippen LogP contribution in [-0.4, -0.2) is 11.3 Å². The molecule has 0 radical (unpaired) electrons. The largest absolute Gasteiger partial charge is 0.486 e. The normalized spacial score (nSPS) is 22.3. The van der Waals surface area contributed by atoms with Crippen LogP contribution in [0.4, 0.5) is 0 Å². The fraction of sp³-hybridized carbons (Fsp3) is 0.625. The highest BCUT2D eigenvalue weighted by Gasteiger charge is 2.30. The maximum atomic E-state index is 7.48. The lowest BCUT2D eigenvalue weighted by Gasteiger charge is -2.19. The van der Waals surface area contributed by atoms with Crippen molar-refractivity contribution >= 4 is 5.71 Å². The summed E-state index contributed by atoms with van der Waals surface area (Å²) in [7, 11) is 0. The molecule has 0 bridgehead atoms. The molecule has 1 heterocycles. The maximum absolute atomic E-state index is 7.48. The standard InChI is InChI=1S/C8H13NO/c1-4-6-5-7(9)8(2,3)10-6/h5,9H,4H2,1-3H3. The molecule has 0 aromatic rings. The minimum atomic E-state index is -0.384. The molecule has 0 saturated carbocycles. The second kappa shape index (κ2) is 2.11. The Bertz CT molecular complexity index is 191. The minimum Gasteiger partial charge on any atom is -0.486 e. The van der Waals surface area contributed by atoms with E-state index in [1.54, 1.807) is 6.08 Å². The first kappa shape index (κ1) is 7.32. The topological polar surface area (TPSA) is 33.1 Å². The lowest BCUT2D eigenvalue weighted by molar-refractivity contribution is 0.104. The molecular formula is C8H13NO. The van der Waals surface area contributed by atoms with Gasteiger partial charge >= 0.3 is 0 Å². The molecular weight excluding hydrogens is 126 g/mol. The first-order valence-electron chi connectivity index (χ1n) is 3.55. The lowest BCUT2D eigenvalue weighted by Crippen LogP contribution is -2.27. The SMILES string of the molecule is CCC1=CC(=N)C(C)(C)O1. The van der Waals surface area contributed by atoms with Crippen molar-refractivity contribution in [3.8, 4) is 0 Å². The molecule has 0 unspecified atom stereocenters. The molecule has 1 aliphatic heterocycles. The Kier molecular flexibility index (Phi) is 1.55. The van der Waals surface area contributed by atoms with Gasteiger partial charge in [0.15, 0.2) is 0 Å². The van der Waals surface area contributed by atoms with Crippen LogP contribution in [0.15, 0.2) is 11.8 Å². The van der Waals surface area contributed by atoms with E-state index in [0.29, 0.717) is 5.71 Å². The van der Waals surface area contributed by atoms with Gasteiger partial charge in [-0.2, -0.15) is 0 Å². The van der Waals surface area contributed by atoms with E-state index < -0.39 is 0 Å². The Morgan fingerprint density at radius 3 is 2.40 bits per heavy atom. The molecule has 10 heavy (non-hydrogen) atoms. The molecule has 0 aromatic carbocycles. The van der Waals surface area contributed by atoms with Gasteiger partial charge in [0.1, 0.15) is 5.60 Å². The highest BCUT2D eigenvalue weighted by atomic mass is 16.5. The van der Waals surface area contributed by atoms with Crippen LogP contribution < -0.4 is 0 Å². The molecule has 1 aliphatic rings. The van der Waals surface area contributed by atoms with Crippen LogP contribution in [0.3, 0.4) is 0 Å². The average Bonchev–Trinajstić information content (AvgIpc) is 2.08. The number of nitrogens with one attached hydrogen (secondary N) is 1. The predicted molar refractivity (Wildman–Crippen MR) is 41.3 cm³/mol. The quantitative estimate of drug-likeness (QED) is 0.593. The summed E-state index contributed by atoms with van der Waals surface area (Å²) in [5, 5.41) is 7.48. The van der Waals surface area contributed by atoms with Crippen LogP contribution in [0.1, 0.15) is 27.2 Å². The van der Waals surface area contributed by atoms with Gasteiger partial charge in [0.05, 0.1) is 11.5 Å². The van der Waals surface area contributed by atoms with Gasteiger partial charge in [-0.15, -0.1) is 0 Å². The van der Waals surface area contributed by atoms with E-state index in [1.807, 2.05) is 20.8 Å². The summed E-state index contributed by atoms with van der Waals surface area (Å²) < 4.78 is 5.45. The molecule has 2 heteroatoms. The summed E-state index contributed by atoms with van der Waals surface area (Å²) in [4.78, 5) is 0. The highest BCUT2D eigenvalue weighted by Crippen LogP contribution is 2.25. The molecule has 0 aliphatic carbocycles. The van der Waals surface area contributed by atoms with Gasteiger partial charge < -0.3 is 10.1 Å². The zero-order valence-electron chi connectivity index (χ0n) is 6.69. The van der Waals surface area contributed by atoms with Gasteiger partial charge in [0, 0.05) is 12.5 Å². The first-order chi connectivity index (χ1) is 4.56. The Balaban J connectivity index is 2.76. The Morgan fingerprint density at radius 1 is 1.60 bits per heavy atom. The smallest absolute Gasteiger partial charge is 0.144 e. The van der Waals surface area contributed by atoms with Crippen LogP contribution >= 0.6 is 0 Å². The second-order valence-corrected chi connectivity index (χ2v) is 2.99. The number of hydrogen-bond donors (Lipinski definition) is 1. The molecule has 1 rings (SSSR count). The van der Waals surface area contributed by atoms with Crippen LogP contribution in [0.2, 0.25) is 0 Å². The van der Waals surface area contributed by atoms with Crippen molar-refractivity contribution in [1.29, 1.82) is 5.41 Å². The number of allylic oxidation sites excluding steroid dienone is 1. The van der Waals surface area contributed by atoms with Gasteiger partial charge in [-0.05, 0) is 13.8 Å². The van der Waals surface area contributed by atoms with Crippen molar-refractivity contribution in [2.75, 3.05) is 0 Å². The summed E-state index contributed by atoms with van der Waals surface area (Å²) in [5.41, 5.74) is 0.190. The maximum Gasteiger partial charge on any atom is 0.144 e. The van der Waals surface area contributed by atoms with Crippen LogP contribution in [0.25, 0.3) is 0 Å². The molecule has 0 fully saturated rings. The van der Waals surface area contributed by atoms with E-state index in [2.05, 4.69) is 0 Å². The third-order valence-electron chi connectivity index (χ3n) is 1.69. The number of hydrogen-bond acceptors (Lipinski definition) is 2. The zero-order chi connectivity index (χ0) is 7.78. The molecule has 0 spiro atoms. The molecule has 0 atom stereocenters. The zero-order valence-corrected chi connectivity index (χ0v) is 6.69. The van der Waals surface area contributed by atoms with Crippen molar-refractivity contribution in [3.05, 3.63) is 11.8 Å². The fourth-order valence-electron chi connectivity index (χ4n) is 0.921. The third-order valence-corrected chi connectivity index (χ3v) is 1.69.